The second kappa shape index (κ2) is 12.7. The first-order chi connectivity index (χ1) is 19.6. The Morgan fingerprint density at radius 1 is 0.800 bits per heavy atom. The molecule has 4 aromatic rings. The Morgan fingerprint density at radius 2 is 1.50 bits per heavy atom. The van der Waals surface area contributed by atoms with Crippen LogP contribution < -0.4 is 29.4 Å². The minimum Gasteiger partial charge on any atom is -0.493 e. The zero-order valence-electron chi connectivity index (χ0n) is 23.0. The number of morpholine rings is 1. The first kappa shape index (κ1) is 27.3. The number of nitrogen functional groups attached to an aromatic ring is 1. The van der Waals surface area contributed by atoms with E-state index in [1.165, 1.54) is 0 Å². The van der Waals surface area contributed by atoms with E-state index in [2.05, 4.69) is 9.88 Å². The summed E-state index contributed by atoms with van der Waals surface area (Å²) in [7, 11) is 4.80. The number of anilines is 1. The van der Waals surface area contributed by atoms with Crippen molar-refractivity contribution in [1.82, 2.24) is 14.9 Å². The van der Waals surface area contributed by atoms with Gasteiger partial charge in [-0.3, -0.25) is 4.90 Å². The Hall–Kier alpha value is -4.28. The number of nitrogens with zero attached hydrogens (tertiary/aromatic N) is 3. The molecule has 0 atom stereocenters. The summed E-state index contributed by atoms with van der Waals surface area (Å²) < 4.78 is 33.7. The molecule has 210 valence electrons. The Balaban J connectivity index is 1.29. The van der Waals surface area contributed by atoms with Gasteiger partial charge in [0, 0.05) is 42.7 Å². The van der Waals surface area contributed by atoms with E-state index >= 15 is 0 Å². The van der Waals surface area contributed by atoms with Crippen LogP contribution in [0.5, 0.6) is 34.5 Å². The second-order valence-electron chi connectivity index (χ2n) is 9.25. The van der Waals surface area contributed by atoms with Gasteiger partial charge in [0.2, 0.25) is 0 Å². The fraction of sp³-hybridized carbons (Fsp3) is 0.333. The zero-order valence-corrected chi connectivity index (χ0v) is 23.0. The third-order valence-electron chi connectivity index (χ3n) is 6.69. The van der Waals surface area contributed by atoms with Gasteiger partial charge in [-0.15, -0.1) is 0 Å². The van der Waals surface area contributed by atoms with Crippen LogP contribution in [-0.4, -0.2) is 75.7 Å². The van der Waals surface area contributed by atoms with E-state index in [0.29, 0.717) is 63.6 Å². The lowest BCUT2D eigenvalue weighted by Gasteiger charge is -2.26. The van der Waals surface area contributed by atoms with Crippen LogP contribution in [0, 0.1) is 0 Å². The number of aromatic nitrogens is 2. The van der Waals surface area contributed by atoms with Gasteiger partial charge in [-0.05, 0) is 48.9 Å². The van der Waals surface area contributed by atoms with Gasteiger partial charge in [0.05, 0.1) is 46.7 Å². The van der Waals surface area contributed by atoms with Crippen molar-refractivity contribution in [3.63, 3.8) is 0 Å². The molecule has 1 aliphatic heterocycles. The molecule has 10 heteroatoms. The number of rotatable bonds is 11. The van der Waals surface area contributed by atoms with Crippen LogP contribution in [0.1, 0.15) is 6.42 Å². The quantitative estimate of drug-likeness (QED) is 0.263. The highest BCUT2D eigenvalue weighted by molar-refractivity contribution is 5.92. The Labute approximate surface area is 233 Å². The Morgan fingerprint density at radius 3 is 2.23 bits per heavy atom. The molecule has 0 saturated carbocycles. The van der Waals surface area contributed by atoms with E-state index in [0.717, 1.165) is 44.8 Å². The number of methoxy groups -OCH3 is 3. The summed E-state index contributed by atoms with van der Waals surface area (Å²) in [4.78, 5) is 11.7. The van der Waals surface area contributed by atoms with Crippen LogP contribution in [0.2, 0.25) is 0 Å². The average Bonchev–Trinajstić information content (AvgIpc) is 3.00. The van der Waals surface area contributed by atoms with Gasteiger partial charge in [-0.1, -0.05) is 0 Å². The maximum atomic E-state index is 6.38. The molecule has 0 unspecified atom stereocenters. The molecule has 3 aromatic carbocycles. The van der Waals surface area contributed by atoms with Crippen LogP contribution in [-0.2, 0) is 4.74 Å². The van der Waals surface area contributed by atoms with Gasteiger partial charge in [0.1, 0.15) is 17.3 Å². The van der Waals surface area contributed by atoms with Gasteiger partial charge in [0.15, 0.2) is 28.8 Å². The fourth-order valence-corrected chi connectivity index (χ4v) is 4.54. The molecule has 2 heterocycles. The Bertz CT molecular complexity index is 1440. The zero-order chi connectivity index (χ0) is 27.9. The van der Waals surface area contributed by atoms with Crippen molar-refractivity contribution >= 4 is 16.7 Å². The van der Waals surface area contributed by atoms with Gasteiger partial charge < -0.3 is 34.2 Å². The summed E-state index contributed by atoms with van der Waals surface area (Å²) in [5, 5.41) is 0.709. The number of hydrogen-bond acceptors (Lipinski definition) is 10. The predicted molar refractivity (Wildman–Crippen MR) is 153 cm³/mol. The van der Waals surface area contributed by atoms with E-state index in [9.17, 15) is 0 Å². The van der Waals surface area contributed by atoms with Gasteiger partial charge in [0.25, 0.3) is 0 Å². The summed E-state index contributed by atoms with van der Waals surface area (Å²) in [5.41, 5.74) is 7.85. The van der Waals surface area contributed by atoms with Crippen LogP contribution in [0.4, 0.5) is 5.82 Å². The monoisotopic (exact) mass is 546 g/mol. The minimum absolute atomic E-state index is 0.367. The molecule has 1 aliphatic rings. The van der Waals surface area contributed by atoms with Crippen molar-refractivity contribution in [3.8, 4) is 45.9 Å². The molecule has 0 aliphatic carbocycles. The van der Waals surface area contributed by atoms with Crippen molar-refractivity contribution in [2.24, 2.45) is 0 Å². The summed E-state index contributed by atoms with van der Waals surface area (Å²) in [6.07, 6.45) is 0.901. The van der Waals surface area contributed by atoms with E-state index in [1.807, 2.05) is 42.5 Å². The normalized spacial score (nSPS) is 13.7. The van der Waals surface area contributed by atoms with E-state index < -0.39 is 0 Å². The van der Waals surface area contributed by atoms with Crippen molar-refractivity contribution in [2.45, 2.75) is 6.42 Å². The molecule has 2 N–H and O–H groups in total. The number of nitrogens with two attached hydrogens (primary N) is 1. The molecule has 0 bridgehead atoms. The lowest BCUT2D eigenvalue weighted by molar-refractivity contribution is 0.0357. The van der Waals surface area contributed by atoms with Crippen molar-refractivity contribution < 1.29 is 28.4 Å². The number of benzene rings is 3. The number of ether oxygens (including phenoxy) is 6. The molecule has 1 saturated heterocycles. The summed E-state index contributed by atoms with van der Waals surface area (Å²) in [5.74, 6) is 4.60. The molecule has 0 spiro atoms. The SMILES string of the molecule is COc1ccc(Oc2ccc(-c3nc(N)c4cc(OCCCN5CCOCC5)c(OC)cc4n3)cc2)cc1OC. The second-order valence-corrected chi connectivity index (χ2v) is 9.25. The van der Waals surface area contributed by atoms with Crippen molar-refractivity contribution in [3.05, 3.63) is 54.6 Å². The van der Waals surface area contributed by atoms with E-state index in [1.54, 1.807) is 33.5 Å². The van der Waals surface area contributed by atoms with Crippen LogP contribution in [0.15, 0.2) is 54.6 Å². The molecule has 0 radical (unpaired) electrons. The van der Waals surface area contributed by atoms with E-state index in [-0.39, 0.29) is 0 Å². The molecule has 5 rings (SSSR count). The number of hydrogen-bond donors (Lipinski definition) is 1. The first-order valence-electron chi connectivity index (χ1n) is 13.2. The van der Waals surface area contributed by atoms with Gasteiger partial charge in [-0.25, -0.2) is 9.97 Å². The first-order valence-corrected chi connectivity index (χ1v) is 13.2. The predicted octanol–water partition coefficient (Wildman–Crippen LogP) is 4.80. The van der Waals surface area contributed by atoms with Gasteiger partial charge in [-0.2, -0.15) is 0 Å². The highest BCUT2D eigenvalue weighted by atomic mass is 16.5. The molecule has 10 nitrogen and oxygen atoms in total. The molecule has 40 heavy (non-hydrogen) atoms. The lowest BCUT2D eigenvalue weighted by atomic mass is 10.1. The van der Waals surface area contributed by atoms with Crippen molar-refractivity contribution in [2.75, 3.05) is 66.5 Å². The molecule has 1 fully saturated rings. The molecular formula is C30H34N4O6. The third-order valence-corrected chi connectivity index (χ3v) is 6.69. The minimum atomic E-state index is 0.367. The smallest absolute Gasteiger partial charge is 0.164 e. The van der Waals surface area contributed by atoms with E-state index in [4.69, 9.17) is 39.1 Å². The average molecular weight is 547 g/mol. The standard InChI is InChI=1S/C30H34N4O6/c1-35-25-10-9-22(17-26(25)36-2)40-21-7-5-20(6-8-21)30-32-24-19-27(37-3)28(18-23(24)29(31)33-30)39-14-4-11-34-12-15-38-16-13-34/h5-10,17-19H,4,11-16H2,1-3H3,(H2,31,32,33). The van der Waals surface area contributed by atoms with Crippen molar-refractivity contribution in [1.29, 1.82) is 0 Å². The number of fused-ring (bicyclic) bond motifs is 1. The van der Waals surface area contributed by atoms with Crippen LogP contribution in [0.25, 0.3) is 22.3 Å². The molecule has 0 amide bonds. The maximum Gasteiger partial charge on any atom is 0.164 e. The molecular weight excluding hydrogens is 512 g/mol. The topological polar surface area (TPSA) is 110 Å². The maximum absolute atomic E-state index is 6.38. The summed E-state index contributed by atoms with van der Waals surface area (Å²) in [6.45, 7) is 5.03. The fourth-order valence-electron chi connectivity index (χ4n) is 4.54. The molecule has 1 aromatic heterocycles. The largest absolute Gasteiger partial charge is 0.493 e. The highest BCUT2D eigenvalue weighted by Crippen LogP contribution is 2.36. The summed E-state index contributed by atoms with van der Waals surface area (Å²) >= 11 is 0. The highest BCUT2D eigenvalue weighted by Gasteiger charge is 2.15. The van der Waals surface area contributed by atoms with Crippen LogP contribution in [0.3, 0.4) is 0 Å². The lowest BCUT2D eigenvalue weighted by Crippen LogP contribution is -2.37. The van der Waals surface area contributed by atoms with Crippen LogP contribution >= 0.6 is 0 Å². The summed E-state index contributed by atoms with van der Waals surface area (Å²) in [6, 6.07) is 16.6. The van der Waals surface area contributed by atoms with Gasteiger partial charge >= 0.3 is 0 Å². The Kier molecular flexibility index (Phi) is 8.68. The third kappa shape index (κ3) is 6.30.